The van der Waals surface area contributed by atoms with Gasteiger partial charge in [-0.25, -0.2) is 4.68 Å². The van der Waals surface area contributed by atoms with E-state index in [9.17, 15) is 4.79 Å². The first-order valence-electron chi connectivity index (χ1n) is 7.19. The Morgan fingerprint density at radius 1 is 1.33 bits per heavy atom. The molecule has 8 heteroatoms. The minimum Gasteiger partial charge on any atom is -0.470 e. The van der Waals surface area contributed by atoms with Crippen LogP contribution in [0.25, 0.3) is 0 Å². The van der Waals surface area contributed by atoms with Crippen LogP contribution in [0, 0.1) is 13.8 Å². The molecule has 0 bridgehead atoms. The number of benzene rings is 1. The summed E-state index contributed by atoms with van der Waals surface area (Å²) in [7, 11) is 0. The van der Waals surface area contributed by atoms with Crippen LogP contribution < -0.4 is 10.1 Å². The van der Waals surface area contributed by atoms with Gasteiger partial charge in [0, 0.05) is 6.20 Å². The number of carbonyl (C=O) groups excluding carboxylic acids is 1. The zero-order valence-corrected chi connectivity index (χ0v) is 13.9. The summed E-state index contributed by atoms with van der Waals surface area (Å²) < 4.78 is 12.1. The van der Waals surface area contributed by atoms with Crippen molar-refractivity contribution in [3.8, 4) is 5.75 Å². The van der Waals surface area contributed by atoms with Crippen molar-refractivity contribution < 1.29 is 14.1 Å². The molecular weight excluding hydrogens is 332 g/mol. The predicted molar refractivity (Wildman–Crippen MR) is 88.2 cm³/mol. The molecule has 124 valence electrons. The molecule has 3 rings (SSSR count). The normalized spacial score (nSPS) is 10.6. The molecular formula is C16H15ClN4O3. The Labute approximate surface area is 143 Å². The van der Waals surface area contributed by atoms with E-state index in [1.165, 1.54) is 10.9 Å². The maximum atomic E-state index is 12.5. The van der Waals surface area contributed by atoms with Crippen molar-refractivity contribution in [1.82, 2.24) is 14.9 Å². The van der Waals surface area contributed by atoms with Gasteiger partial charge in [0.1, 0.15) is 22.8 Å². The number of para-hydroxylation sites is 1. The van der Waals surface area contributed by atoms with Gasteiger partial charge in [-0.2, -0.15) is 5.10 Å². The summed E-state index contributed by atoms with van der Waals surface area (Å²) in [6.45, 7) is 3.54. The maximum Gasteiger partial charge on any atom is 0.274 e. The molecule has 0 aliphatic rings. The molecule has 0 saturated heterocycles. The van der Waals surface area contributed by atoms with Crippen LogP contribution in [-0.4, -0.2) is 20.8 Å². The zero-order chi connectivity index (χ0) is 17.1. The summed E-state index contributed by atoms with van der Waals surface area (Å²) in [5.74, 6) is 0.732. The number of nitrogens with zero attached hydrogens (tertiary/aromatic N) is 3. The summed E-state index contributed by atoms with van der Waals surface area (Å²) >= 11 is 6.05. The number of hydrogen-bond donors (Lipinski definition) is 1. The van der Waals surface area contributed by atoms with Crippen LogP contribution in [0.5, 0.6) is 5.75 Å². The van der Waals surface area contributed by atoms with Crippen molar-refractivity contribution in [2.75, 3.05) is 5.32 Å². The molecule has 0 saturated carbocycles. The van der Waals surface area contributed by atoms with Gasteiger partial charge in [0.25, 0.3) is 5.91 Å². The maximum absolute atomic E-state index is 12.5. The highest BCUT2D eigenvalue weighted by atomic mass is 35.5. The van der Waals surface area contributed by atoms with E-state index in [1.807, 2.05) is 12.1 Å². The average molecular weight is 347 g/mol. The number of amides is 1. The highest BCUT2D eigenvalue weighted by Crippen LogP contribution is 2.23. The van der Waals surface area contributed by atoms with Gasteiger partial charge in [-0.1, -0.05) is 28.9 Å². The number of rotatable bonds is 5. The fraction of sp³-hybridized carbons (Fsp3) is 0.188. The van der Waals surface area contributed by atoms with Crippen molar-refractivity contribution in [2.24, 2.45) is 0 Å². The monoisotopic (exact) mass is 346 g/mol. The highest BCUT2D eigenvalue weighted by Gasteiger charge is 2.17. The van der Waals surface area contributed by atoms with E-state index >= 15 is 0 Å². The topological polar surface area (TPSA) is 82.2 Å². The molecule has 7 nitrogen and oxygen atoms in total. The summed E-state index contributed by atoms with van der Waals surface area (Å²) in [6.07, 6.45) is 1.53. The van der Waals surface area contributed by atoms with Crippen molar-refractivity contribution in [3.63, 3.8) is 0 Å². The minimum atomic E-state index is -0.329. The fourth-order valence-electron chi connectivity index (χ4n) is 2.16. The summed E-state index contributed by atoms with van der Waals surface area (Å²) in [6, 6.07) is 8.70. The Bertz CT molecular complexity index is 852. The SMILES string of the molecule is Cc1noc(C)c1NC(=O)c1ccnn1COc1ccccc1Cl. The lowest BCUT2D eigenvalue weighted by molar-refractivity contribution is 0.100. The summed E-state index contributed by atoms with van der Waals surface area (Å²) in [4.78, 5) is 12.5. The van der Waals surface area contributed by atoms with E-state index in [0.29, 0.717) is 33.6 Å². The van der Waals surface area contributed by atoms with E-state index in [4.69, 9.17) is 20.9 Å². The second kappa shape index (κ2) is 6.76. The third-order valence-corrected chi connectivity index (χ3v) is 3.71. The molecule has 1 amide bonds. The van der Waals surface area contributed by atoms with Crippen LogP contribution in [0.3, 0.4) is 0 Å². The second-order valence-electron chi connectivity index (χ2n) is 5.07. The molecule has 0 aliphatic heterocycles. The minimum absolute atomic E-state index is 0.0566. The van der Waals surface area contributed by atoms with Gasteiger partial charge in [-0.05, 0) is 32.0 Å². The Morgan fingerprint density at radius 2 is 2.12 bits per heavy atom. The number of nitrogens with one attached hydrogen (secondary N) is 1. The van der Waals surface area contributed by atoms with Crippen molar-refractivity contribution in [1.29, 1.82) is 0 Å². The average Bonchev–Trinajstić information content (AvgIpc) is 3.16. The van der Waals surface area contributed by atoms with Crippen LogP contribution in [0.15, 0.2) is 41.1 Å². The van der Waals surface area contributed by atoms with Gasteiger partial charge >= 0.3 is 0 Å². The summed E-state index contributed by atoms with van der Waals surface area (Å²) in [5, 5.41) is 11.2. The Kier molecular flexibility index (Phi) is 4.52. The molecule has 24 heavy (non-hydrogen) atoms. The molecule has 2 heterocycles. The van der Waals surface area contributed by atoms with Crippen LogP contribution in [0.4, 0.5) is 5.69 Å². The van der Waals surface area contributed by atoms with Crippen molar-refractivity contribution >= 4 is 23.2 Å². The van der Waals surface area contributed by atoms with Crippen molar-refractivity contribution in [3.05, 3.63) is 58.7 Å². The quantitative estimate of drug-likeness (QED) is 0.765. The first-order valence-corrected chi connectivity index (χ1v) is 7.57. The smallest absolute Gasteiger partial charge is 0.274 e. The molecule has 1 N–H and O–H groups in total. The molecule has 0 fully saturated rings. The third-order valence-electron chi connectivity index (χ3n) is 3.40. The van der Waals surface area contributed by atoms with Crippen LogP contribution in [0.1, 0.15) is 21.9 Å². The third kappa shape index (κ3) is 3.26. The van der Waals surface area contributed by atoms with Gasteiger partial charge in [0.2, 0.25) is 0 Å². The first-order chi connectivity index (χ1) is 11.6. The van der Waals surface area contributed by atoms with Gasteiger partial charge in [0.05, 0.1) is 5.02 Å². The number of carbonyl (C=O) groups is 1. The standard InChI is InChI=1S/C16H15ClN4O3/c1-10-15(11(2)24-20-10)19-16(22)13-7-8-18-21(13)9-23-14-6-4-3-5-12(14)17/h3-8H,9H2,1-2H3,(H,19,22). The van der Waals surface area contributed by atoms with Crippen LogP contribution in [0.2, 0.25) is 5.02 Å². The van der Waals surface area contributed by atoms with Gasteiger partial charge in [-0.3, -0.25) is 4.79 Å². The molecule has 0 unspecified atom stereocenters. The predicted octanol–water partition coefficient (Wildman–Crippen LogP) is 3.43. The number of hydrogen-bond acceptors (Lipinski definition) is 5. The molecule has 0 atom stereocenters. The molecule has 0 radical (unpaired) electrons. The number of aryl methyl sites for hydroxylation is 2. The Balaban J connectivity index is 1.73. The number of ether oxygens (including phenoxy) is 1. The highest BCUT2D eigenvalue weighted by molar-refractivity contribution is 6.32. The number of anilines is 1. The fourth-order valence-corrected chi connectivity index (χ4v) is 2.35. The number of halogens is 1. The molecule has 0 spiro atoms. The van der Waals surface area contributed by atoms with E-state index in [-0.39, 0.29) is 12.6 Å². The summed E-state index contributed by atoms with van der Waals surface area (Å²) in [5.41, 5.74) is 1.51. The van der Waals surface area contributed by atoms with Crippen LogP contribution in [-0.2, 0) is 6.73 Å². The Hall–Kier alpha value is -2.80. The van der Waals surface area contributed by atoms with E-state index in [2.05, 4.69) is 15.6 Å². The van der Waals surface area contributed by atoms with Gasteiger partial charge in [0.15, 0.2) is 12.5 Å². The van der Waals surface area contributed by atoms with Gasteiger partial charge in [-0.15, -0.1) is 0 Å². The largest absolute Gasteiger partial charge is 0.470 e. The van der Waals surface area contributed by atoms with Crippen molar-refractivity contribution in [2.45, 2.75) is 20.6 Å². The second-order valence-corrected chi connectivity index (χ2v) is 5.48. The van der Waals surface area contributed by atoms with E-state index < -0.39 is 0 Å². The molecule has 0 aliphatic carbocycles. The van der Waals surface area contributed by atoms with Crippen LogP contribution >= 0.6 is 11.6 Å². The molecule has 3 aromatic rings. The molecule has 2 aromatic heterocycles. The van der Waals surface area contributed by atoms with E-state index in [1.54, 1.807) is 32.0 Å². The first kappa shape index (κ1) is 16.1. The Morgan fingerprint density at radius 3 is 2.83 bits per heavy atom. The zero-order valence-electron chi connectivity index (χ0n) is 13.1. The number of aromatic nitrogens is 3. The lowest BCUT2D eigenvalue weighted by Gasteiger charge is -2.10. The van der Waals surface area contributed by atoms with E-state index in [0.717, 1.165) is 0 Å². The lowest BCUT2D eigenvalue weighted by Crippen LogP contribution is -2.20. The van der Waals surface area contributed by atoms with Gasteiger partial charge < -0.3 is 14.6 Å². The molecule has 1 aromatic carbocycles. The lowest BCUT2D eigenvalue weighted by atomic mass is 10.3.